The van der Waals surface area contributed by atoms with Crippen LogP contribution in [0.25, 0.3) is 0 Å². The van der Waals surface area contributed by atoms with Crippen LogP contribution in [0.2, 0.25) is 0 Å². The molecule has 0 bridgehead atoms. The van der Waals surface area contributed by atoms with E-state index < -0.39 is 10.0 Å². The van der Waals surface area contributed by atoms with E-state index in [9.17, 15) is 13.2 Å². The van der Waals surface area contributed by atoms with E-state index in [1.54, 1.807) is 30.3 Å². The molecular weight excluding hydrogens is 400 g/mol. The highest BCUT2D eigenvalue weighted by Crippen LogP contribution is 2.27. The SMILES string of the molecule is O=C(Nc1cc(CC2CCCCC2)[nH]n1)C1CCN(S(=O)(=O)c2ccccc2)CC1. The Morgan fingerprint density at radius 1 is 1.07 bits per heavy atom. The molecule has 30 heavy (non-hydrogen) atoms. The van der Waals surface area contributed by atoms with Gasteiger partial charge in [0.1, 0.15) is 0 Å². The molecule has 1 aromatic heterocycles. The second-order valence-corrected chi connectivity index (χ2v) is 10.4. The van der Waals surface area contributed by atoms with Gasteiger partial charge in [0.15, 0.2) is 5.82 Å². The summed E-state index contributed by atoms with van der Waals surface area (Å²) in [6.45, 7) is 0.700. The Morgan fingerprint density at radius 2 is 1.77 bits per heavy atom. The number of H-pyrrole nitrogens is 1. The zero-order valence-electron chi connectivity index (χ0n) is 17.2. The predicted molar refractivity (Wildman–Crippen MR) is 115 cm³/mol. The first kappa shape index (κ1) is 21.1. The van der Waals surface area contributed by atoms with Crippen LogP contribution < -0.4 is 5.32 Å². The molecule has 1 aromatic carbocycles. The largest absolute Gasteiger partial charge is 0.309 e. The predicted octanol–water partition coefficient (Wildman–Crippen LogP) is 3.57. The Balaban J connectivity index is 1.28. The number of amides is 1. The quantitative estimate of drug-likeness (QED) is 0.732. The number of benzene rings is 1. The molecule has 2 heterocycles. The van der Waals surface area contributed by atoms with E-state index in [4.69, 9.17) is 0 Å². The number of anilines is 1. The summed E-state index contributed by atoms with van der Waals surface area (Å²) in [6, 6.07) is 10.4. The van der Waals surface area contributed by atoms with Crippen molar-refractivity contribution < 1.29 is 13.2 Å². The normalized spacial score (nSPS) is 19.6. The summed E-state index contributed by atoms with van der Waals surface area (Å²) < 4.78 is 26.9. The summed E-state index contributed by atoms with van der Waals surface area (Å²) in [6.07, 6.45) is 8.50. The van der Waals surface area contributed by atoms with Gasteiger partial charge in [-0.2, -0.15) is 9.40 Å². The van der Waals surface area contributed by atoms with Gasteiger partial charge in [-0.3, -0.25) is 9.89 Å². The molecule has 2 fully saturated rings. The summed E-state index contributed by atoms with van der Waals surface area (Å²) in [4.78, 5) is 13.0. The summed E-state index contributed by atoms with van der Waals surface area (Å²) in [5.74, 6) is 0.983. The Kier molecular flexibility index (Phi) is 6.53. The molecule has 162 valence electrons. The highest BCUT2D eigenvalue weighted by Gasteiger charge is 2.32. The van der Waals surface area contributed by atoms with E-state index in [2.05, 4.69) is 15.5 Å². The molecule has 0 spiro atoms. The molecule has 0 unspecified atom stereocenters. The molecule has 2 aliphatic rings. The fourth-order valence-electron chi connectivity index (χ4n) is 4.56. The number of carbonyl (C=O) groups excluding carboxylic acids is 1. The molecule has 1 saturated carbocycles. The molecule has 1 amide bonds. The summed E-state index contributed by atoms with van der Waals surface area (Å²) >= 11 is 0. The van der Waals surface area contributed by atoms with Gasteiger partial charge in [0.05, 0.1) is 4.90 Å². The van der Waals surface area contributed by atoms with E-state index in [1.165, 1.54) is 36.4 Å². The topological polar surface area (TPSA) is 95.2 Å². The Labute approximate surface area is 178 Å². The number of nitrogens with zero attached hydrogens (tertiary/aromatic N) is 2. The van der Waals surface area contributed by atoms with Crippen LogP contribution >= 0.6 is 0 Å². The zero-order valence-corrected chi connectivity index (χ0v) is 18.0. The molecule has 4 rings (SSSR count). The van der Waals surface area contributed by atoms with Crippen LogP contribution in [-0.4, -0.2) is 41.9 Å². The zero-order chi connectivity index (χ0) is 21.0. The molecular formula is C22H30N4O3S. The molecule has 0 radical (unpaired) electrons. The maximum Gasteiger partial charge on any atom is 0.243 e. The number of hydrogen-bond acceptors (Lipinski definition) is 4. The fraction of sp³-hybridized carbons (Fsp3) is 0.545. The number of aromatic nitrogens is 2. The van der Waals surface area contributed by atoms with Crippen LogP contribution in [0.4, 0.5) is 5.82 Å². The number of nitrogens with one attached hydrogen (secondary N) is 2. The van der Waals surface area contributed by atoms with Crippen molar-refractivity contribution in [1.29, 1.82) is 0 Å². The van der Waals surface area contributed by atoms with Gasteiger partial charge in [0.25, 0.3) is 0 Å². The monoisotopic (exact) mass is 430 g/mol. The minimum Gasteiger partial charge on any atom is -0.309 e. The lowest BCUT2D eigenvalue weighted by atomic mass is 9.86. The number of aromatic amines is 1. The lowest BCUT2D eigenvalue weighted by Gasteiger charge is -2.30. The number of hydrogen-bond donors (Lipinski definition) is 2. The van der Waals surface area contributed by atoms with Gasteiger partial charge < -0.3 is 5.32 Å². The van der Waals surface area contributed by atoms with Crippen LogP contribution in [0.15, 0.2) is 41.3 Å². The van der Waals surface area contributed by atoms with E-state index in [0.29, 0.717) is 42.6 Å². The average Bonchev–Trinajstić information content (AvgIpc) is 3.21. The van der Waals surface area contributed by atoms with Gasteiger partial charge in [-0.1, -0.05) is 50.3 Å². The minimum atomic E-state index is -3.50. The maximum atomic E-state index is 12.7. The van der Waals surface area contributed by atoms with Gasteiger partial charge in [-0.25, -0.2) is 8.42 Å². The van der Waals surface area contributed by atoms with E-state index >= 15 is 0 Å². The lowest BCUT2D eigenvalue weighted by molar-refractivity contribution is -0.120. The molecule has 1 aliphatic heterocycles. The van der Waals surface area contributed by atoms with Crippen molar-refractivity contribution in [3.63, 3.8) is 0 Å². The Morgan fingerprint density at radius 3 is 2.47 bits per heavy atom. The number of sulfonamides is 1. The van der Waals surface area contributed by atoms with Crippen molar-refractivity contribution in [2.24, 2.45) is 11.8 Å². The van der Waals surface area contributed by atoms with Gasteiger partial charge in [0.2, 0.25) is 15.9 Å². The number of carbonyl (C=O) groups is 1. The minimum absolute atomic E-state index is 0.0810. The van der Waals surface area contributed by atoms with Crippen LogP contribution in [0.3, 0.4) is 0 Å². The van der Waals surface area contributed by atoms with Crippen LogP contribution in [0, 0.1) is 11.8 Å². The molecule has 0 atom stereocenters. The van der Waals surface area contributed by atoms with Crippen molar-refractivity contribution in [2.75, 3.05) is 18.4 Å². The molecule has 1 aliphatic carbocycles. The summed E-state index contributed by atoms with van der Waals surface area (Å²) in [5.41, 5.74) is 1.07. The molecule has 7 nitrogen and oxygen atoms in total. The van der Waals surface area contributed by atoms with E-state index in [-0.39, 0.29) is 11.8 Å². The molecule has 1 saturated heterocycles. The van der Waals surface area contributed by atoms with E-state index in [0.717, 1.165) is 12.1 Å². The van der Waals surface area contributed by atoms with Crippen molar-refractivity contribution in [3.8, 4) is 0 Å². The Hall–Kier alpha value is -2.19. The van der Waals surface area contributed by atoms with Crippen LogP contribution in [0.5, 0.6) is 0 Å². The van der Waals surface area contributed by atoms with E-state index in [1.807, 2.05) is 6.07 Å². The van der Waals surface area contributed by atoms with Gasteiger partial charge in [-0.15, -0.1) is 0 Å². The van der Waals surface area contributed by atoms with Gasteiger partial charge in [0, 0.05) is 30.8 Å². The second-order valence-electron chi connectivity index (χ2n) is 8.47. The van der Waals surface area contributed by atoms with Crippen molar-refractivity contribution in [1.82, 2.24) is 14.5 Å². The third kappa shape index (κ3) is 4.92. The van der Waals surface area contributed by atoms with Crippen LogP contribution in [-0.2, 0) is 21.2 Å². The van der Waals surface area contributed by atoms with Crippen LogP contribution in [0.1, 0.15) is 50.6 Å². The van der Waals surface area contributed by atoms with Crippen molar-refractivity contribution in [2.45, 2.75) is 56.3 Å². The van der Waals surface area contributed by atoms with Crippen molar-refractivity contribution >= 4 is 21.7 Å². The molecule has 2 N–H and O–H groups in total. The number of rotatable bonds is 6. The first-order valence-electron chi connectivity index (χ1n) is 10.9. The number of piperidine rings is 1. The summed E-state index contributed by atoms with van der Waals surface area (Å²) in [7, 11) is -3.50. The second kappa shape index (κ2) is 9.31. The highest BCUT2D eigenvalue weighted by molar-refractivity contribution is 7.89. The fourth-order valence-corrected chi connectivity index (χ4v) is 6.05. The van der Waals surface area contributed by atoms with Gasteiger partial charge >= 0.3 is 0 Å². The maximum absolute atomic E-state index is 12.7. The first-order chi connectivity index (χ1) is 14.5. The lowest BCUT2D eigenvalue weighted by Crippen LogP contribution is -2.41. The van der Waals surface area contributed by atoms with Crippen molar-refractivity contribution in [3.05, 3.63) is 42.1 Å². The summed E-state index contributed by atoms with van der Waals surface area (Å²) in [5, 5.41) is 10.2. The third-order valence-electron chi connectivity index (χ3n) is 6.32. The average molecular weight is 431 g/mol. The first-order valence-corrected chi connectivity index (χ1v) is 12.4. The molecule has 2 aromatic rings. The third-order valence-corrected chi connectivity index (χ3v) is 8.23. The molecule has 8 heteroatoms. The van der Waals surface area contributed by atoms with Gasteiger partial charge in [-0.05, 0) is 37.3 Å². The standard InChI is InChI=1S/C22H30N4O3S/c27-22(23-21-16-19(24-25-21)15-17-7-3-1-4-8-17)18-11-13-26(14-12-18)30(28,29)20-9-5-2-6-10-20/h2,5-6,9-10,16-18H,1,3-4,7-8,11-15H2,(H2,23,24,25,27). The smallest absolute Gasteiger partial charge is 0.243 e. The highest BCUT2D eigenvalue weighted by atomic mass is 32.2. The Bertz CT molecular complexity index is 944.